The summed E-state index contributed by atoms with van der Waals surface area (Å²) in [6.07, 6.45) is 7.49. The smallest absolute Gasteiger partial charge is 0.226 e. The first-order chi connectivity index (χ1) is 7.16. The van der Waals surface area contributed by atoms with Gasteiger partial charge in [-0.1, -0.05) is 6.92 Å². The van der Waals surface area contributed by atoms with E-state index in [4.69, 9.17) is 5.73 Å². The van der Waals surface area contributed by atoms with Gasteiger partial charge in [0.1, 0.15) is 0 Å². The summed E-state index contributed by atoms with van der Waals surface area (Å²) >= 11 is 0. The molecule has 2 aliphatic rings. The fourth-order valence-corrected chi connectivity index (χ4v) is 2.59. The first kappa shape index (κ1) is 10.9. The molecule has 0 bridgehead atoms. The molecule has 0 aliphatic heterocycles. The van der Waals surface area contributed by atoms with E-state index in [0.29, 0.717) is 12.1 Å². The summed E-state index contributed by atoms with van der Waals surface area (Å²) in [5.74, 6) is 0.282. The minimum atomic E-state index is 0.00153. The molecular weight excluding hydrogens is 188 g/mol. The van der Waals surface area contributed by atoms with E-state index in [-0.39, 0.29) is 11.3 Å². The van der Waals surface area contributed by atoms with Crippen LogP contribution in [0.5, 0.6) is 0 Å². The van der Waals surface area contributed by atoms with Crippen molar-refractivity contribution in [1.82, 2.24) is 5.32 Å². The van der Waals surface area contributed by atoms with Gasteiger partial charge >= 0.3 is 0 Å². The number of nitrogens with two attached hydrogens (primary N) is 1. The maximum absolute atomic E-state index is 12.0. The second-order valence-corrected chi connectivity index (χ2v) is 5.23. The molecule has 3 heteroatoms. The van der Waals surface area contributed by atoms with Crippen LogP contribution in [0.15, 0.2) is 0 Å². The number of rotatable bonds is 3. The lowest BCUT2D eigenvalue weighted by molar-refractivity contribution is -0.127. The molecule has 15 heavy (non-hydrogen) atoms. The highest BCUT2D eigenvalue weighted by atomic mass is 16.2. The van der Waals surface area contributed by atoms with Gasteiger partial charge < -0.3 is 11.1 Å². The van der Waals surface area contributed by atoms with Gasteiger partial charge in [-0.25, -0.2) is 0 Å². The average molecular weight is 210 g/mol. The van der Waals surface area contributed by atoms with Crippen molar-refractivity contribution in [3.63, 3.8) is 0 Å². The largest absolute Gasteiger partial charge is 0.353 e. The Morgan fingerprint density at radius 1 is 1.47 bits per heavy atom. The Kier molecular flexibility index (Phi) is 3.01. The van der Waals surface area contributed by atoms with Crippen LogP contribution in [0.2, 0.25) is 0 Å². The van der Waals surface area contributed by atoms with Gasteiger partial charge in [0.2, 0.25) is 5.91 Å². The molecule has 0 heterocycles. The zero-order valence-corrected chi connectivity index (χ0v) is 9.59. The SMILES string of the molecule is CCC1(C(=O)NC2CCCC(N)C2)CC1. The molecular formula is C12H22N2O. The Morgan fingerprint density at radius 3 is 2.73 bits per heavy atom. The summed E-state index contributed by atoms with van der Waals surface area (Å²) in [4.78, 5) is 12.0. The maximum Gasteiger partial charge on any atom is 0.226 e. The van der Waals surface area contributed by atoms with Crippen molar-refractivity contribution in [3.05, 3.63) is 0 Å². The van der Waals surface area contributed by atoms with Crippen LogP contribution in [0.1, 0.15) is 51.9 Å². The zero-order chi connectivity index (χ0) is 10.9. The second kappa shape index (κ2) is 4.12. The Morgan fingerprint density at radius 2 is 2.20 bits per heavy atom. The molecule has 0 aromatic heterocycles. The summed E-state index contributed by atoms with van der Waals surface area (Å²) in [6, 6.07) is 0.631. The molecule has 0 spiro atoms. The van der Waals surface area contributed by atoms with Crippen LogP contribution in [-0.4, -0.2) is 18.0 Å². The van der Waals surface area contributed by atoms with E-state index in [1.807, 2.05) is 0 Å². The molecule has 3 nitrogen and oxygen atoms in total. The summed E-state index contributed by atoms with van der Waals surface area (Å²) < 4.78 is 0. The van der Waals surface area contributed by atoms with Crippen LogP contribution >= 0.6 is 0 Å². The number of carbonyl (C=O) groups excluding carboxylic acids is 1. The minimum absolute atomic E-state index is 0.00153. The normalized spacial score (nSPS) is 33.5. The molecule has 0 aromatic rings. The summed E-state index contributed by atoms with van der Waals surface area (Å²) in [6.45, 7) is 2.11. The minimum Gasteiger partial charge on any atom is -0.353 e. The molecule has 0 radical (unpaired) electrons. The molecule has 2 atom stereocenters. The fourth-order valence-electron chi connectivity index (χ4n) is 2.59. The van der Waals surface area contributed by atoms with Gasteiger partial charge in [0.15, 0.2) is 0 Å². The van der Waals surface area contributed by atoms with Crippen molar-refractivity contribution in [2.75, 3.05) is 0 Å². The van der Waals surface area contributed by atoms with Gasteiger partial charge in [-0.15, -0.1) is 0 Å². The Hall–Kier alpha value is -0.570. The van der Waals surface area contributed by atoms with Crippen LogP contribution in [0.25, 0.3) is 0 Å². The van der Waals surface area contributed by atoms with Gasteiger partial charge in [0, 0.05) is 17.5 Å². The highest BCUT2D eigenvalue weighted by Crippen LogP contribution is 2.48. The molecule has 2 unspecified atom stereocenters. The number of nitrogens with one attached hydrogen (secondary N) is 1. The molecule has 0 aromatic carbocycles. The van der Waals surface area contributed by atoms with Crippen molar-refractivity contribution >= 4 is 5.91 Å². The molecule has 86 valence electrons. The van der Waals surface area contributed by atoms with Crippen molar-refractivity contribution in [3.8, 4) is 0 Å². The highest BCUT2D eigenvalue weighted by Gasteiger charge is 2.48. The zero-order valence-electron chi connectivity index (χ0n) is 9.59. The third-order valence-corrected chi connectivity index (χ3v) is 4.06. The van der Waals surface area contributed by atoms with Crippen molar-refractivity contribution < 1.29 is 4.79 Å². The number of amides is 1. The monoisotopic (exact) mass is 210 g/mol. The average Bonchev–Trinajstić information content (AvgIpc) is 2.98. The third-order valence-electron chi connectivity index (χ3n) is 4.06. The standard InChI is InChI=1S/C12H22N2O/c1-2-12(6-7-12)11(15)14-10-5-3-4-9(13)8-10/h9-10H,2-8,13H2,1H3,(H,14,15). The molecule has 2 saturated carbocycles. The van der Waals surface area contributed by atoms with E-state index in [9.17, 15) is 4.79 Å². The Labute approximate surface area is 91.8 Å². The van der Waals surface area contributed by atoms with Gasteiger partial charge in [-0.2, -0.15) is 0 Å². The van der Waals surface area contributed by atoms with Gasteiger partial charge in [0.25, 0.3) is 0 Å². The van der Waals surface area contributed by atoms with E-state index < -0.39 is 0 Å². The molecule has 0 saturated heterocycles. The lowest BCUT2D eigenvalue weighted by atomic mass is 9.91. The van der Waals surface area contributed by atoms with Crippen molar-refractivity contribution in [2.45, 2.75) is 64.0 Å². The van der Waals surface area contributed by atoms with Gasteiger partial charge in [-0.05, 0) is 44.9 Å². The lowest BCUT2D eigenvalue weighted by Gasteiger charge is -2.28. The fraction of sp³-hybridized carbons (Fsp3) is 0.917. The Bertz CT molecular complexity index is 248. The van der Waals surface area contributed by atoms with Crippen LogP contribution in [-0.2, 0) is 4.79 Å². The maximum atomic E-state index is 12.0. The highest BCUT2D eigenvalue weighted by molar-refractivity contribution is 5.85. The summed E-state index contributed by atoms with van der Waals surface area (Å²) in [5, 5.41) is 3.18. The van der Waals surface area contributed by atoms with Crippen LogP contribution in [0.4, 0.5) is 0 Å². The van der Waals surface area contributed by atoms with E-state index in [2.05, 4.69) is 12.2 Å². The first-order valence-electron chi connectivity index (χ1n) is 6.23. The predicted molar refractivity (Wildman–Crippen MR) is 60.3 cm³/mol. The molecule has 1 amide bonds. The quantitative estimate of drug-likeness (QED) is 0.742. The Balaban J connectivity index is 1.83. The van der Waals surface area contributed by atoms with Crippen LogP contribution in [0.3, 0.4) is 0 Å². The molecule has 2 rings (SSSR count). The molecule has 3 N–H and O–H groups in total. The van der Waals surface area contributed by atoms with Crippen molar-refractivity contribution in [2.24, 2.45) is 11.1 Å². The van der Waals surface area contributed by atoms with Gasteiger partial charge in [0.05, 0.1) is 0 Å². The lowest BCUT2D eigenvalue weighted by Crippen LogP contribution is -2.44. The molecule has 2 aliphatic carbocycles. The number of hydrogen-bond acceptors (Lipinski definition) is 2. The van der Waals surface area contributed by atoms with Gasteiger partial charge in [-0.3, -0.25) is 4.79 Å². The van der Waals surface area contributed by atoms with E-state index in [1.54, 1.807) is 0 Å². The van der Waals surface area contributed by atoms with E-state index in [0.717, 1.165) is 44.9 Å². The number of hydrogen-bond donors (Lipinski definition) is 2. The summed E-state index contributed by atoms with van der Waals surface area (Å²) in [5.41, 5.74) is 5.91. The predicted octanol–water partition coefficient (Wildman–Crippen LogP) is 1.56. The van der Waals surface area contributed by atoms with Crippen LogP contribution in [0, 0.1) is 5.41 Å². The van der Waals surface area contributed by atoms with Crippen LogP contribution < -0.4 is 11.1 Å². The second-order valence-electron chi connectivity index (χ2n) is 5.23. The molecule has 2 fully saturated rings. The summed E-state index contributed by atoms with van der Waals surface area (Å²) in [7, 11) is 0. The van der Waals surface area contributed by atoms with E-state index >= 15 is 0 Å². The first-order valence-corrected chi connectivity index (χ1v) is 6.23. The number of carbonyl (C=O) groups is 1. The van der Waals surface area contributed by atoms with E-state index in [1.165, 1.54) is 0 Å². The van der Waals surface area contributed by atoms with Crippen molar-refractivity contribution in [1.29, 1.82) is 0 Å². The third kappa shape index (κ3) is 2.33. The topological polar surface area (TPSA) is 55.1 Å².